The largest absolute Gasteiger partial charge is 0.382 e. The summed E-state index contributed by atoms with van der Waals surface area (Å²) in [6.45, 7) is 0.580. The molecule has 1 saturated heterocycles. The van der Waals surface area contributed by atoms with Crippen LogP contribution in [0.4, 0.5) is 0 Å². The van der Waals surface area contributed by atoms with E-state index < -0.39 is 6.10 Å². The minimum absolute atomic E-state index is 0.353. The minimum atomic E-state index is -1.00. The first-order chi connectivity index (χ1) is 4.22. The van der Waals surface area contributed by atoms with Crippen molar-refractivity contribution in [2.24, 2.45) is 5.73 Å². The predicted octanol–water partition coefficient (Wildman–Crippen LogP) is -1.81. The molecule has 2 unspecified atom stereocenters. The number of carbonyl (C=O) groups excluding carboxylic acids is 1. The van der Waals surface area contributed by atoms with E-state index in [1.54, 1.807) is 0 Å². The van der Waals surface area contributed by atoms with Crippen LogP contribution in [-0.2, 0) is 4.79 Å². The van der Waals surface area contributed by atoms with Crippen LogP contribution in [0.3, 0.4) is 0 Å². The van der Waals surface area contributed by atoms with E-state index in [0.29, 0.717) is 13.0 Å². The van der Waals surface area contributed by atoms with Crippen molar-refractivity contribution < 1.29 is 9.90 Å². The SMILES string of the molecule is NC1CCNC(=O)C1O. The standard InChI is InChI=1S/C5H10N2O2/c6-3-1-2-7-5(9)4(3)8/h3-4,8H,1-2,6H2,(H,7,9). The lowest BCUT2D eigenvalue weighted by atomic mass is 10.0. The zero-order chi connectivity index (χ0) is 6.85. The van der Waals surface area contributed by atoms with Gasteiger partial charge in [-0.05, 0) is 6.42 Å². The Morgan fingerprint density at radius 3 is 2.89 bits per heavy atom. The van der Waals surface area contributed by atoms with Gasteiger partial charge in [0.1, 0.15) is 6.10 Å². The summed E-state index contributed by atoms with van der Waals surface area (Å²) in [5.41, 5.74) is 5.36. The summed E-state index contributed by atoms with van der Waals surface area (Å²) in [6.07, 6.45) is -0.342. The number of aliphatic hydroxyl groups is 1. The molecule has 1 aliphatic heterocycles. The number of rotatable bonds is 0. The summed E-state index contributed by atoms with van der Waals surface area (Å²) in [5.74, 6) is -0.353. The Bertz CT molecular complexity index is 126. The van der Waals surface area contributed by atoms with E-state index in [9.17, 15) is 4.79 Å². The summed E-state index contributed by atoms with van der Waals surface area (Å²) >= 11 is 0. The van der Waals surface area contributed by atoms with Crippen molar-refractivity contribution in [2.75, 3.05) is 6.54 Å². The molecule has 9 heavy (non-hydrogen) atoms. The smallest absolute Gasteiger partial charge is 0.250 e. The van der Waals surface area contributed by atoms with Gasteiger partial charge in [0.25, 0.3) is 0 Å². The van der Waals surface area contributed by atoms with Crippen molar-refractivity contribution in [3.63, 3.8) is 0 Å². The van der Waals surface area contributed by atoms with E-state index in [1.165, 1.54) is 0 Å². The number of carbonyl (C=O) groups is 1. The number of nitrogens with one attached hydrogen (secondary N) is 1. The van der Waals surface area contributed by atoms with Crippen LogP contribution in [0.1, 0.15) is 6.42 Å². The first kappa shape index (κ1) is 6.51. The number of aliphatic hydroxyl groups excluding tert-OH is 1. The molecule has 0 spiro atoms. The van der Waals surface area contributed by atoms with Gasteiger partial charge in [-0.3, -0.25) is 4.79 Å². The average molecular weight is 130 g/mol. The summed E-state index contributed by atoms with van der Waals surface area (Å²) in [6, 6.07) is -0.376. The van der Waals surface area contributed by atoms with E-state index in [2.05, 4.69) is 5.32 Å². The second kappa shape index (κ2) is 2.33. The van der Waals surface area contributed by atoms with E-state index in [-0.39, 0.29) is 11.9 Å². The van der Waals surface area contributed by atoms with Crippen LogP contribution in [0, 0.1) is 0 Å². The van der Waals surface area contributed by atoms with Crippen LogP contribution in [0.2, 0.25) is 0 Å². The van der Waals surface area contributed by atoms with Crippen molar-refractivity contribution in [1.29, 1.82) is 0 Å². The highest BCUT2D eigenvalue weighted by Crippen LogP contribution is 2.00. The first-order valence-corrected chi connectivity index (χ1v) is 2.93. The molecule has 0 saturated carbocycles. The van der Waals surface area contributed by atoms with Gasteiger partial charge in [0.05, 0.1) is 0 Å². The van der Waals surface area contributed by atoms with Crippen LogP contribution < -0.4 is 11.1 Å². The number of hydrogen-bond acceptors (Lipinski definition) is 3. The van der Waals surface area contributed by atoms with Crippen molar-refractivity contribution in [2.45, 2.75) is 18.6 Å². The number of amides is 1. The second-order valence-corrected chi connectivity index (χ2v) is 2.19. The average Bonchev–Trinajstić information content (AvgIpc) is 1.83. The Kier molecular flexibility index (Phi) is 1.68. The normalized spacial score (nSPS) is 36.0. The molecule has 4 heteroatoms. The topological polar surface area (TPSA) is 75.3 Å². The third-order valence-electron chi connectivity index (χ3n) is 1.45. The lowest BCUT2D eigenvalue weighted by Crippen LogP contribution is -2.52. The van der Waals surface area contributed by atoms with Crippen molar-refractivity contribution >= 4 is 5.91 Å². The predicted molar refractivity (Wildman–Crippen MR) is 31.6 cm³/mol. The van der Waals surface area contributed by atoms with Gasteiger partial charge in [0.2, 0.25) is 5.91 Å². The Labute approximate surface area is 53.0 Å². The molecule has 0 bridgehead atoms. The van der Waals surface area contributed by atoms with Crippen LogP contribution in [0.15, 0.2) is 0 Å². The van der Waals surface area contributed by atoms with Crippen LogP contribution in [0.25, 0.3) is 0 Å². The number of nitrogens with two attached hydrogens (primary N) is 1. The first-order valence-electron chi connectivity index (χ1n) is 2.93. The maximum absolute atomic E-state index is 10.6. The Balaban J connectivity index is 2.51. The summed E-state index contributed by atoms with van der Waals surface area (Å²) in [7, 11) is 0. The van der Waals surface area contributed by atoms with E-state index in [1.807, 2.05) is 0 Å². The van der Waals surface area contributed by atoms with Gasteiger partial charge in [0.15, 0.2) is 0 Å². The highest BCUT2D eigenvalue weighted by molar-refractivity contribution is 5.82. The molecule has 52 valence electrons. The maximum Gasteiger partial charge on any atom is 0.250 e. The number of piperidine rings is 1. The molecule has 0 aromatic carbocycles. The maximum atomic E-state index is 10.6. The molecule has 0 aromatic heterocycles. The molecule has 1 fully saturated rings. The van der Waals surface area contributed by atoms with E-state index in [4.69, 9.17) is 10.8 Å². The quantitative estimate of drug-likeness (QED) is 0.362. The molecule has 1 aliphatic rings. The fourth-order valence-corrected chi connectivity index (χ4v) is 0.819. The van der Waals surface area contributed by atoms with Crippen LogP contribution >= 0.6 is 0 Å². The third-order valence-corrected chi connectivity index (χ3v) is 1.45. The van der Waals surface area contributed by atoms with Gasteiger partial charge < -0.3 is 16.2 Å². The monoisotopic (exact) mass is 130 g/mol. The Hall–Kier alpha value is -0.610. The molecule has 1 amide bonds. The fourth-order valence-electron chi connectivity index (χ4n) is 0.819. The van der Waals surface area contributed by atoms with Gasteiger partial charge in [-0.1, -0.05) is 0 Å². The molecular weight excluding hydrogens is 120 g/mol. The second-order valence-electron chi connectivity index (χ2n) is 2.19. The Morgan fingerprint density at radius 1 is 1.78 bits per heavy atom. The minimum Gasteiger partial charge on any atom is -0.382 e. The van der Waals surface area contributed by atoms with E-state index >= 15 is 0 Å². The Morgan fingerprint density at radius 2 is 2.44 bits per heavy atom. The molecular formula is C5H10N2O2. The van der Waals surface area contributed by atoms with Gasteiger partial charge in [-0.2, -0.15) is 0 Å². The van der Waals surface area contributed by atoms with Crippen molar-refractivity contribution in [3.05, 3.63) is 0 Å². The third kappa shape index (κ3) is 1.20. The zero-order valence-electron chi connectivity index (χ0n) is 5.00. The molecule has 0 aromatic rings. The van der Waals surface area contributed by atoms with Gasteiger partial charge in [-0.25, -0.2) is 0 Å². The van der Waals surface area contributed by atoms with Gasteiger partial charge in [0, 0.05) is 12.6 Å². The molecule has 1 rings (SSSR count). The molecule has 4 N–H and O–H groups in total. The van der Waals surface area contributed by atoms with Crippen LogP contribution in [0.5, 0.6) is 0 Å². The zero-order valence-corrected chi connectivity index (χ0v) is 5.00. The van der Waals surface area contributed by atoms with Crippen molar-refractivity contribution in [3.8, 4) is 0 Å². The van der Waals surface area contributed by atoms with Gasteiger partial charge >= 0.3 is 0 Å². The van der Waals surface area contributed by atoms with Crippen molar-refractivity contribution in [1.82, 2.24) is 5.32 Å². The summed E-state index contributed by atoms with van der Waals surface area (Å²) < 4.78 is 0. The number of hydrogen-bond donors (Lipinski definition) is 3. The molecule has 4 nitrogen and oxygen atoms in total. The van der Waals surface area contributed by atoms with E-state index in [0.717, 1.165) is 0 Å². The molecule has 0 aliphatic carbocycles. The summed E-state index contributed by atoms with van der Waals surface area (Å²) in [4.78, 5) is 10.6. The highest BCUT2D eigenvalue weighted by atomic mass is 16.3. The van der Waals surface area contributed by atoms with Gasteiger partial charge in [-0.15, -0.1) is 0 Å². The molecule has 2 atom stereocenters. The highest BCUT2D eigenvalue weighted by Gasteiger charge is 2.26. The fraction of sp³-hybridized carbons (Fsp3) is 0.800. The molecule has 0 radical (unpaired) electrons. The lowest BCUT2D eigenvalue weighted by molar-refractivity contribution is -0.132. The van der Waals surface area contributed by atoms with Crippen LogP contribution in [-0.4, -0.2) is 29.7 Å². The molecule has 1 heterocycles. The lowest BCUT2D eigenvalue weighted by Gasteiger charge is -2.23. The summed E-state index contributed by atoms with van der Waals surface area (Å²) in [5, 5.41) is 11.4.